The number of aromatic nitrogens is 2. The summed E-state index contributed by atoms with van der Waals surface area (Å²) in [4.78, 5) is 23.5. The summed E-state index contributed by atoms with van der Waals surface area (Å²) in [5.41, 5.74) is 0.555. The van der Waals surface area contributed by atoms with Gasteiger partial charge in [0, 0.05) is 13.2 Å². The zero-order valence-corrected chi connectivity index (χ0v) is 12.7. The number of carbonyl (C=O) groups is 2. The number of anilines is 1. The second-order valence-electron chi connectivity index (χ2n) is 4.34. The molecule has 0 saturated heterocycles. The highest BCUT2D eigenvalue weighted by Crippen LogP contribution is 2.32. The first-order chi connectivity index (χ1) is 9.81. The Morgan fingerprint density at radius 2 is 1.90 bits per heavy atom. The quantitative estimate of drug-likeness (QED) is 0.907. The van der Waals surface area contributed by atoms with Gasteiger partial charge in [-0.25, -0.2) is 4.79 Å². The molecule has 1 heterocycles. The average Bonchev–Trinajstić information content (AvgIpc) is 2.72. The number of nitrogens with zero attached hydrogens (tertiary/aromatic N) is 2. The molecule has 0 spiro atoms. The highest BCUT2D eigenvalue weighted by molar-refractivity contribution is 6.38. The molecule has 1 aromatic heterocycles. The van der Waals surface area contributed by atoms with Crippen LogP contribution in [0.3, 0.4) is 0 Å². The minimum Gasteiger partial charge on any atom is -0.478 e. The van der Waals surface area contributed by atoms with E-state index in [1.54, 1.807) is 14.0 Å². The first kappa shape index (κ1) is 15.3. The molecule has 0 aliphatic rings. The summed E-state index contributed by atoms with van der Waals surface area (Å²) in [5.74, 6) is -1.78. The summed E-state index contributed by atoms with van der Waals surface area (Å²) in [6.07, 6.45) is 1.53. The maximum absolute atomic E-state index is 12.2. The molecule has 6 nitrogen and oxygen atoms in total. The van der Waals surface area contributed by atoms with E-state index in [2.05, 4.69) is 10.4 Å². The van der Waals surface area contributed by atoms with Gasteiger partial charge in [0.05, 0.1) is 27.0 Å². The maximum atomic E-state index is 12.2. The number of amides is 1. The molecule has 0 aliphatic heterocycles. The van der Waals surface area contributed by atoms with Crippen molar-refractivity contribution in [2.75, 3.05) is 5.32 Å². The van der Waals surface area contributed by atoms with Gasteiger partial charge in [-0.15, -0.1) is 0 Å². The molecule has 1 amide bonds. The normalized spacial score (nSPS) is 10.5. The molecule has 2 rings (SSSR count). The second-order valence-corrected chi connectivity index (χ2v) is 5.15. The molecule has 1 aromatic carbocycles. The highest BCUT2D eigenvalue weighted by Gasteiger charge is 2.21. The number of benzene rings is 1. The lowest BCUT2D eigenvalue weighted by Crippen LogP contribution is -2.16. The SMILES string of the molecule is Cc1nn(C)cc1C(=O)Nc1c(Cl)ccc(Cl)c1C(=O)O. The van der Waals surface area contributed by atoms with E-state index in [9.17, 15) is 14.7 Å². The summed E-state index contributed by atoms with van der Waals surface area (Å²) < 4.78 is 1.49. The third-order valence-electron chi connectivity index (χ3n) is 2.81. The third-order valence-corrected chi connectivity index (χ3v) is 3.44. The molecular weight excluding hydrogens is 317 g/mol. The van der Waals surface area contributed by atoms with Crippen molar-refractivity contribution < 1.29 is 14.7 Å². The fourth-order valence-corrected chi connectivity index (χ4v) is 2.33. The maximum Gasteiger partial charge on any atom is 0.339 e. The number of aryl methyl sites for hydroxylation is 2. The van der Waals surface area contributed by atoms with Crippen molar-refractivity contribution in [1.29, 1.82) is 0 Å². The Hall–Kier alpha value is -2.05. The van der Waals surface area contributed by atoms with Gasteiger partial charge in [-0.05, 0) is 19.1 Å². The van der Waals surface area contributed by atoms with Crippen molar-refractivity contribution in [3.05, 3.63) is 45.2 Å². The number of nitrogens with one attached hydrogen (secondary N) is 1. The molecule has 0 saturated carbocycles. The molecular formula is C13H11Cl2N3O3. The minimum absolute atomic E-state index is 0.00916. The van der Waals surface area contributed by atoms with Gasteiger partial charge < -0.3 is 10.4 Å². The Morgan fingerprint density at radius 1 is 1.29 bits per heavy atom. The van der Waals surface area contributed by atoms with Gasteiger partial charge in [0.15, 0.2) is 0 Å². The van der Waals surface area contributed by atoms with Crippen LogP contribution in [0.25, 0.3) is 0 Å². The van der Waals surface area contributed by atoms with Crippen molar-refractivity contribution in [3.63, 3.8) is 0 Å². The van der Waals surface area contributed by atoms with Crippen molar-refractivity contribution >= 4 is 40.8 Å². The number of halogens is 2. The molecule has 21 heavy (non-hydrogen) atoms. The van der Waals surface area contributed by atoms with E-state index < -0.39 is 11.9 Å². The van der Waals surface area contributed by atoms with Crippen LogP contribution in [-0.4, -0.2) is 26.8 Å². The Balaban J connectivity index is 2.44. The number of carboxylic acids is 1. The molecule has 110 valence electrons. The topological polar surface area (TPSA) is 84.2 Å². The number of carbonyl (C=O) groups excluding carboxylic acids is 1. The lowest BCUT2D eigenvalue weighted by atomic mass is 10.1. The van der Waals surface area contributed by atoms with E-state index in [4.69, 9.17) is 23.2 Å². The molecule has 8 heteroatoms. The lowest BCUT2D eigenvalue weighted by molar-refractivity contribution is 0.0698. The van der Waals surface area contributed by atoms with E-state index in [0.29, 0.717) is 11.3 Å². The van der Waals surface area contributed by atoms with Gasteiger partial charge >= 0.3 is 5.97 Å². The number of hydrogen-bond acceptors (Lipinski definition) is 3. The van der Waals surface area contributed by atoms with Crippen molar-refractivity contribution in [1.82, 2.24) is 9.78 Å². The molecule has 0 unspecified atom stereocenters. The number of rotatable bonds is 3. The van der Waals surface area contributed by atoms with Crippen LogP contribution in [-0.2, 0) is 7.05 Å². The smallest absolute Gasteiger partial charge is 0.339 e. The Morgan fingerprint density at radius 3 is 2.43 bits per heavy atom. The van der Waals surface area contributed by atoms with Crippen LogP contribution in [0, 0.1) is 6.92 Å². The summed E-state index contributed by atoms with van der Waals surface area (Å²) >= 11 is 11.8. The van der Waals surface area contributed by atoms with Gasteiger partial charge in [-0.2, -0.15) is 5.10 Å². The van der Waals surface area contributed by atoms with Crippen LogP contribution in [0.2, 0.25) is 10.0 Å². The predicted octanol–water partition coefficient (Wildman–Crippen LogP) is 2.99. The molecule has 2 aromatic rings. The van der Waals surface area contributed by atoms with Gasteiger partial charge in [0.2, 0.25) is 0 Å². The largest absolute Gasteiger partial charge is 0.478 e. The van der Waals surface area contributed by atoms with E-state index in [0.717, 1.165) is 0 Å². The minimum atomic E-state index is -1.28. The Kier molecular flexibility index (Phi) is 4.20. The first-order valence-corrected chi connectivity index (χ1v) is 6.59. The summed E-state index contributed by atoms with van der Waals surface area (Å²) in [5, 5.41) is 15.8. The number of aromatic carboxylic acids is 1. The van der Waals surface area contributed by atoms with Gasteiger partial charge in [0.25, 0.3) is 5.91 Å². The van der Waals surface area contributed by atoms with Crippen LogP contribution in [0.4, 0.5) is 5.69 Å². The molecule has 0 radical (unpaired) electrons. The molecule has 0 atom stereocenters. The van der Waals surface area contributed by atoms with E-state index in [-0.39, 0.29) is 21.3 Å². The van der Waals surface area contributed by atoms with Crippen molar-refractivity contribution in [2.45, 2.75) is 6.92 Å². The van der Waals surface area contributed by atoms with Gasteiger partial charge in [-0.3, -0.25) is 9.48 Å². The summed E-state index contributed by atoms with van der Waals surface area (Å²) in [7, 11) is 1.68. The molecule has 2 N–H and O–H groups in total. The van der Waals surface area contributed by atoms with Gasteiger partial charge in [0.1, 0.15) is 5.56 Å². The zero-order valence-electron chi connectivity index (χ0n) is 11.1. The van der Waals surface area contributed by atoms with Crippen LogP contribution in [0.5, 0.6) is 0 Å². The van der Waals surface area contributed by atoms with Crippen LogP contribution >= 0.6 is 23.2 Å². The van der Waals surface area contributed by atoms with Crippen LogP contribution in [0.1, 0.15) is 26.4 Å². The van der Waals surface area contributed by atoms with E-state index in [1.165, 1.54) is 23.0 Å². The summed E-state index contributed by atoms with van der Waals surface area (Å²) in [6, 6.07) is 2.78. The Labute approximate surface area is 130 Å². The number of hydrogen-bond donors (Lipinski definition) is 2. The van der Waals surface area contributed by atoms with Crippen molar-refractivity contribution in [2.24, 2.45) is 7.05 Å². The molecule has 0 aliphatic carbocycles. The molecule has 0 fully saturated rings. The fraction of sp³-hybridized carbons (Fsp3) is 0.154. The Bertz CT molecular complexity index is 741. The standard InChI is InChI=1S/C13H11Cl2N3O3/c1-6-7(5-18(2)17-6)12(19)16-11-9(15)4-3-8(14)10(11)13(20)21/h3-5H,1-2H3,(H,16,19)(H,20,21). The third kappa shape index (κ3) is 3.01. The van der Waals surface area contributed by atoms with Crippen molar-refractivity contribution in [3.8, 4) is 0 Å². The van der Waals surface area contributed by atoms with Crippen LogP contribution in [0.15, 0.2) is 18.3 Å². The van der Waals surface area contributed by atoms with Gasteiger partial charge in [-0.1, -0.05) is 23.2 Å². The second kappa shape index (κ2) is 5.75. The fourth-order valence-electron chi connectivity index (χ4n) is 1.89. The lowest BCUT2D eigenvalue weighted by Gasteiger charge is -2.11. The van der Waals surface area contributed by atoms with E-state index >= 15 is 0 Å². The average molecular weight is 328 g/mol. The highest BCUT2D eigenvalue weighted by atomic mass is 35.5. The predicted molar refractivity (Wildman–Crippen MR) is 79.3 cm³/mol. The first-order valence-electron chi connectivity index (χ1n) is 5.84. The summed E-state index contributed by atoms with van der Waals surface area (Å²) in [6.45, 7) is 1.67. The monoisotopic (exact) mass is 327 g/mol. The molecule has 0 bridgehead atoms. The zero-order chi connectivity index (χ0) is 15.7. The number of carboxylic acid groups (broad SMARTS) is 1. The van der Waals surface area contributed by atoms with Crippen LogP contribution < -0.4 is 5.32 Å². The van der Waals surface area contributed by atoms with E-state index in [1.807, 2.05) is 0 Å².